The van der Waals surface area contributed by atoms with Crippen molar-refractivity contribution in [2.24, 2.45) is 0 Å². The number of aliphatic hydroxyl groups is 1. The van der Waals surface area contributed by atoms with E-state index < -0.39 is 5.97 Å². The van der Waals surface area contributed by atoms with E-state index in [1.807, 2.05) is 48.5 Å². The maximum atomic E-state index is 12.6. The van der Waals surface area contributed by atoms with E-state index in [0.717, 1.165) is 47.1 Å². The van der Waals surface area contributed by atoms with Crippen molar-refractivity contribution in [3.63, 3.8) is 0 Å². The molecule has 2 aromatic heterocycles. The number of benzene rings is 2. The highest BCUT2D eigenvalue weighted by atomic mass is 79.9. The van der Waals surface area contributed by atoms with Gasteiger partial charge in [-0.1, -0.05) is 71.2 Å². The molecule has 5 rings (SSSR count). The molecule has 0 amide bonds. The molecular weight excluding hydrogens is 542 g/mol. The van der Waals surface area contributed by atoms with Crippen molar-refractivity contribution in [3.05, 3.63) is 64.6 Å². The zero-order chi connectivity index (χ0) is 25.1. The smallest absolute Gasteiger partial charge is 0.345 e. The number of methoxy groups -OCH3 is 1. The highest BCUT2D eigenvalue weighted by Gasteiger charge is 2.26. The molecule has 0 unspecified atom stereocenters. The number of carbonyl (C=O) groups excluding carboxylic acids is 1. The fourth-order valence-electron chi connectivity index (χ4n) is 4.57. The number of aromatic amines is 1. The third kappa shape index (κ3) is 5.05. The van der Waals surface area contributed by atoms with Gasteiger partial charge in [-0.3, -0.25) is 4.57 Å². The van der Waals surface area contributed by atoms with E-state index in [4.69, 9.17) is 4.74 Å². The Morgan fingerprint density at radius 3 is 2.61 bits per heavy atom. The molecule has 0 spiro atoms. The third-order valence-electron chi connectivity index (χ3n) is 6.35. The lowest BCUT2D eigenvalue weighted by Crippen LogP contribution is -2.15. The average Bonchev–Trinajstić information content (AvgIpc) is 3.52. The second-order valence-electron chi connectivity index (χ2n) is 8.68. The number of esters is 1. The summed E-state index contributed by atoms with van der Waals surface area (Å²) >= 11 is 4.84. The molecule has 2 heterocycles. The summed E-state index contributed by atoms with van der Waals surface area (Å²) in [5.74, 6) is 0.411. The van der Waals surface area contributed by atoms with Crippen LogP contribution in [0.15, 0.2) is 63.9 Å². The number of nitrogens with zero attached hydrogens (tertiary/aromatic N) is 4. The van der Waals surface area contributed by atoms with E-state index in [1.54, 1.807) is 0 Å². The van der Waals surface area contributed by atoms with Gasteiger partial charge in [-0.2, -0.15) is 0 Å². The molecule has 36 heavy (non-hydrogen) atoms. The number of imidazole rings is 1. The molecule has 1 saturated carbocycles. The van der Waals surface area contributed by atoms with Crippen molar-refractivity contribution >= 4 is 50.3 Å². The first-order chi connectivity index (χ1) is 17.5. The van der Waals surface area contributed by atoms with Crippen LogP contribution in [-0.4, -0.2) is 48.7 Å². The predicted molar refractivity (Wildman–Crippen MR) is 144 cm³/mol. The number of rotatable bonds is 7. The van der Waals surface area contributed by atoms with Crippen LogP contribution in [0.25, 0.3) is 28.0 Å². The Kier molecular flexibility index (Phi) is 7.43. The Morgan fingerprint density at radius 1 is 1.14 bits per heavy atom. The van der Waals surface area contributed by atoms with Crippen LogP contribution >= 0.6 is 27.7 Å². The maximum absolute atomic E-state index is 12.6. The number of thioether (sulfide) groups is 1. The number of hydrogen-bond donors (Lipinski definition) is 2. The summed E-state index contributed by atoms with van der Waals surface area (Å²) in [7, 11) is 1.29. The number of fused-ring (bicyclic) bond motifs is 1. The summed E-state index contributed by atoms with van der Waals surface area (Å²) < 4.78 is 8.16. The molecule has 0 atom stereocenters. The Labute approximate surface area is 221 Å². The molecule has 1 aliphatic carbocycles. The highest BCUT2D eigenvalue weighted by Crippen LogP contribution is 2.36. The van der Waals surface area contributed by atoms with Gasteiger partial charge in [0.25, 0.3) is 0 Å². The lowest BCUT2D eigenvalue weighted by molar-refractivity contribution is -0.133. The SMILES string of the molecule is COC(=O)C(=C(O)CSc1nnc(-c2ccc(Br)cc2)n1C1CCCCC1)c1nc2ccccc2[nH]1. The first kappa shape index (κ1) is 24.6. The minimum atomic E-state index is -0.656. The minimum Gasteiger partial charge on any atom is -0.510 e. The summed E-state index contributed by atoms with van der Waals surface area (Å²) in [5, 5.41) is 20.8. The standard InChI is InChI=1S/C26H26BrN5O3S/c1-35-25(34)22(23-28-19-9-5-6-10-20(19)29-23)21(33)15-36-26-31-30-24(16-11-13-17(27)14-12-16)32(26)18-7-3-2-4-8-18/h5-6,9-14,18,33H,2-4,7-8,15H2,1H3,(H,28,29). The summed E-state index contributed by atoms with van der Waals surface area (Å²) in [5.41, 5.74) is 2.47. The summed E-state index contributed by atoms with van der Waals surface area (Å²) in [6, 6.07) is 15.8. The van der Waals surface area contributed by atoms with Crippen LogP contribution < -0.4 is 0 Å². The van der Waals surface area contributed by atoms with Crippen LogP contribution in [0.5, 0.6) is 0 Å². The topological polar surface area (TPSA) is 106 Å². The largest absolute Gasteiger partial charge is 0.510 e. The van der Waals surface area contributed by atoms with Crippen LogP contribution in [0.3, 0.4) is 0 Å². The molecule has 186 valence electrons. The number of aliphatic hydroxyl groups excluding tert-OH is 1. The second kappa shape index (κ2) is 10.9. The minimum absolute atomic E-state index is 0.0121. The summed E-state index contributed by atoms with van der Waals surface area (Å²) in [6.45, 7) is 0. The van der Waals surface area contributed by atoms with Gasteiger partial charge in [-0.25, -0.2) is 9.78 Å². The van der Waals surface area contributed by atoms with Gasteiger partial charge >= 0.3 is 5.97 Å². The van der Waals surface area contributed by atoms with E-state index >= 15 is 0 Å². The van der Waals surface area contributed by atoms with Crippen LogP contribution in [0.1, 0.15) is 44.0 Å². The van der Waals surface area contributed by atoms with Crippen LogP contribution in [0.2, 0.25) is 0 Å². The van der Waals surface area contributed by atoms with Crippen molar-refractivity contribution in [1.82, 2.24) is 24.7 Å². The van der Waals surface area contributed by atoms with E-state index in [-0.39, 0.29) is 29.0 Å². The van der Waals surface area contributed by atoms with Gasteiger partial charge in [-0.05, 0) is 37.1 Å². The second-order valence-corrected chi connectivity index (χ2v) is 10.5. The number of nitrogens with one attached hydrogen (secondary N) is 1. The quantitative estimate of drug-likeness (QED) is 0.116. The lowest BCUT2D eigenvalue weighted by atomic mass is 9.95. The zero-order valence-corrected chi connectivity index (χ0v) is 22.2. The molecule has 4 aromatic rings. The van der Waals surface area contributed by atoms with Crippen molar-refractivity contribution in [3.8, 4) is 11.4 Å². The molecule has 0 aliphatic heterocycles. The predicted octanol–water partition coefficient (Wildman–Crippen LogP) is 6.32. The molecule has 1 aliphatic rings. The monoisotopic (exact) mass is 567 g/mol. The fourth-order valence-corrected chi connectivity index (χ4v) is 5.72. The molecule has 10 heteroatoms. The number of carbonyl (C=O) groups is 1. The number of halogens is 1. The van der Waals surface area contributed by atoms with Crippen LogP contribution in [-0.2, 0) is 9.53 Å². The number of hydrogen-bond acceptors (Lipinski definition) is 7. The summed E-state index contributed by atoms with van der Waals surface area (Å²) in [6.07, 6.45) is 5.68. The molecular formula is C26H26BrN5O3S. The Morgan fingerprint density at radius 2 is 1.89 bits per heavy atom. The van der Waals surface area contributed by atoms with Gasteiger partial charge < -0.3 is 14.8 Å². The van der Waals surface area contributed by atoms with Gasteiger partial charge in [0.1, 0.15) is 17.2 Å². The molecule has 1 fully saturated rings. The van der Waals surface area contributed by atoms with Gasteiger partial charge in [0.15, 0.2) is 11.0 Å². The number of aromatic nitrogens is 5. The van der Waals surface area contributed by atoms with Crippen molar-refractivity contribution in [2.75, 3.05) is 12.9 Å². The van der Waals surface area contributed by atoms with Crippen molar-refractivity contribution in [1.29, 1.82) is 0 Å². The molecule has 8 nitrogen and oxygen atoms in total. The van der Waals surface area contributed by atoms with E-state index in [0.29, 0.717) is 10.7 Å². The van der Waals surface area contributed by atoms with Gasteiger partial charge in [0.2, 0.25) is 0 Å². The highest BCUT2D eigenvalue weighted by molar-refractivity contribution is 9.10. The van der Waals surface area contributed by atoms with Crippen LogP contribution in [0.4, 0.5) is 0 Å². The van der Waals surface area contributed by atoms with E-state index in [1.165, 1.54) is 25.3 Å². The third-order valence-corrected chi connectivity index (χ3v) is 7.83. The molecule has 2 N–H and O–H groups in total. The molecule has 0 saturated heterocycles. The number of H-pyrrole nitrogens is 1. The van der Waals surface area contributed by atoms with Crippen LogP contribution in [0, 0.1) is 0 Å². The Hall–Kier alpha value is -3.11. The van der Waals surface area contributed by atoms with Gasteiger partial charge in [-0.15, -0.1) is 10.2 Å². The normalized spacial score (nSPS) is 15.2. The zero-order valence-electron chi connectivity index (χ0n) is 19.8. The Balaban J connectivity index is 1.48. The molecule has 0 bridgehead atoms. The first-order valence-corrected chi connectivity index (χ1v) is 13.6. The molecule has 2 aromatic carbocycles. The van der Waals surface area contributed by atoms with Crippen molar-refractivity contribution in [2.45, 2.75) is 43.3 Å². The van der Waals surface area contributed by atoms with E-state index in [2.05, 4.69) is 40.7 Å². The molecule has 0 radical (unpaired) electrons. The van der Waals surface area contributed by atoms with E-state index in [9.17, 15) is 9.90 Å². The average molecular weight is 568 g/mol. The fraction of sp³-hybridized carbons (Fsp3) is 0.308. The number of para-hydroxylation sites is 2. The Bertz CT molecular complexity index is 1370. The number of ether oxygens (including phenoxy) is 1. The lowest BCUT2D eigenvalue weighted by Gasteiger charge is -2.25. The van der Waals surface area contributed by atoms with Gasteiger partial charge in [0.05, 0.1) is 23.9 Å². The summed E-state index contributed by atoms with van der Waals surface area (Å²) in [4.78, 5) is 20.2. The maximum Gasteiger partial charge on any atom is 0.345 e. The first-order valence-electron chi connectivity index (χ1n) is 11.8. The van der Waals surface area contributed by atoms with Crippen molar-refractivity contribution < 1.29 is 14.6 Å². The van der Waals surface area contributed by atoms with Gasteiger partial charge in [0, 0.05) is 16.1 Å².